The smallest absolute Gasteiger partial charge is 0.250 e. The van der Waals surface area contributed by atoms with Gasteiger partial charge in [0.25, 0.3) is 0 Å². The number of benzene rings is 2. The molecule has 0 saturated carbocycles. The van der Waals surface area contributed by atoms with Crippen molar-refractivity contribution in [3.63, 3.8) is 0 Å². The van der Waals surface area contributed by atoms with Gasteiger partial charge in [-0.05, 0) is 36.8 Å². The van der Waals surface area contributed by atoms with Crippen LogP contribution in [0.5, 0.6) is 11.5 Å². The predicted molar refractivity (Wildman–Crippen MR) is 97.7 cm³/mol. The Morgan fingerprint density at radius 2 is 2.00 bits per heavy atom. The molecule has 126 valence electrons. The summed E-state index contributed by atoms with van der Waals surface area (Å²) < 4.78 is 0. The zero-order valence-corrected chi connectivity index (χ0v) is 14.6. The highest BCUT2D eigenvalue weighted by Crippen LogP contribution is 2.23. The van der Waals surface area contributed by atoms with Crippen LogP contribution in [0.1, 0.15) is 18.1 Å². The van der Waals surface area contributed by atoms with Crippen molar-refractivity contribution < 1.29 is 15.0 Å². The highest BCUT2D eigenvalue weighted by molar-refractivity contribution is 7.99. The number of nitrogens with one attached hydrogen (secondary N) is 1. The molecule has 0 bridgehead atoms. The quantitative estimate of drug-likeness (QED) is 0.416. The lowest BCUT2D eigenvalue weighted by atomic mass is 10.1. The number of phenolic OH excluding ortho intramolecular Hbond substituents is 2. The molecule has 0 aliphatic rings. The predicted octanol–water partition coefficient (Wildman–Crippen LogP) is 3.52. The molecule has 0 fully saturated rings. The second kappa shape index (κ2) is 8.61. The normalized spacial score (nSPS) is 11.3. The van der Waals surface area contributed by atoms with Crippen LogP contribution in [0.15, 0.2) is 47.6 Å². The molecule has 5 nitrogen and oxygen atoms in total. The van der Waals surface area contributed by atoms with Crippen LogP contribution >= 0.6 is 23.4 Å². The van der Waals surface area contributed by atoms with E-state index in [1.807, 2.05) is 24.3 Å². The number of halogens is 1. The number of carbonyl (C=O) groups is 1. The first-order valence-corrected chi connectivity index (χ1v) is 8.67. The van der Waals surface area contributed by atoms with Crippen LogP contribution in [-0.4, -0.2) is 27.6 Å². The molecule has 0 saturated heterocycles. The van der Waals surface area contributed by atoms with Crippen LogP contribution < -0.4 is 5.43 Å². The van der Waals surface area contributed by atoms with Crippen LogP contribution in [0.2, 0.25) is 5.02 Å². The largest absolute Gasteiger partial charge is 0.508 e. The van der Waals surface area contributed by atoms with E-state index in [1.54, 1.807) is 6.92 Å². The van der Waals surface area contributed by atoms with Gasteiger partial charge in [0.05, 0.1) is 11.5 Å². The fourth-order valence-electron chi connectivity index (χ4n) is 1.92. The van der Waals surface area contributed by atoms with Crippen molar-refractivity contribution in [2.45, 2.75) is 12.7 Å². The molecule has 0 aromatic heterocycles. The Kier molecular flexibility index (Phi) is 6.52. The summed E-state index contributed by atoms with van der Waals surface area (Å²) in [4.78, 5) is 11.8. The molecule has 3 N–H and O–H groups in total. The number of thioether (sulfide) groups is 1. The number of hydrogen-bond acceptors (Lipinski definition) is 5. The molecule has 0 aliphatic carbocycles. The number of hydrazone groups is 1. The third kappa shape index (κ3) is 5.18. The second-order valence-corrected chi connectivity index (χ2v) is 6.41. The van der Waals surface area contributed by atoms with Gasteiger partial charge in [0, 0.05) is 16.3 Å². The molecule has 0 radical (unpaired) electrons. The minimum Gasteiger partial charge on any atom is -0.508 e. The summed E-state index contributed by atoms with van der Waals surface area (Å²) in [6.45, 7) is 1.63. The average molecular weight is 365 g/mol. The van der Waals surface area contributed by atoms with E-state index in [4.69, 9.17) is 11.6 Å². The van der Waals surface area contributed by atoms with E-state index >= 15 is 0 Å². The maximum Gasteiger partial charge on any atom is 0.250 e. The number of aromatic hydroxyl groups is 2. The second-order valence-electron chi connectivity index (χ2n) is 5.02. The molecule has 2 aromatic carbocycles. The third-order valence-electron chi connectivity index (χ3n) is 3.17. The van der Waals surface area contributed by atoms with E-state index in [2.05, 4.69) is 10.5 Å². The van der Waals surface area contributed by atoms with Crippen LogP contribution in [0.3, 0.4) is 0 Å². The van der Waals surface area contributed by atoms with Crippen LogP contribution in [0, 0.1) is 0 Å². The number of phenols is 2. The lowest BCUT2D eigenvalue weighted by Crippen LogP contribution is -2.21. The molecule has 1 amide bonds. The summed E-state index contributed by atoms with van der Waals surface area (Å²) in [5, 5.41) is 23.8. The molecule has 0 unspecified atom stereocenters. The maximum atomic E-state index is 11.8. The van der Waals surface area contributed by atoms with Gasteiger partial charge in [-0.15, -0.1) is 11.8 Å². The molecule has 2 aromatic rings. The van der Waals surface area contributed by atoms with Gasteiger partial charge in [-0.1, -0.05) is 29.8 Å². The Bertz CT molecular complexity index is 765. The Morgan fingerprint density at radius 1 is 1.25 bits per heavy atom. The highest BCUT2D eigenvalue weighted by atomic mass is 35.5. The Morgan fingerprint density at radius 3 is 2.75 bits per heavy atom. The van der Waals surface area contributed by atoms with Crippen LogP contribution in [-0.2, 0) is 10.5 Å². The zero-order chi connectivity index (χ0) is 17.5. The van der Waals surface area contributed by atoms with Crippen molar-refractivity contribution in [3.05, 3.63) is 58.6 Å². The molecule has 0 spiro atoms. The first-order valence-electron chi connectivity index (χ1n) is 7.14. The van der Waals surface area contributed by atoms with E-state index in [-0.39, 0.29) is 23.2 Å². The molecular formula is C17H17ClN2O3S. The van der Waals surface area contributed by atoms with Gasteiger partial charge in [0.2, 0.25) is 5.91 Å². The van der Waals surface area contributed by atoms with Crippen molar-refractivity contribution in [1.82, 2.24) is 5.43 Å². The standard InChI is InChI=1S/C17H17ClN2O3S/c1-11(14-8-13(21)6-7-16(14)22)19-20-17(23)10-24-9-12-4-2-3-5-15(12)18/h2-8,21-22H,9-10H2,1H3,(H,20,23). The molecule has 7 heteroatoms. The number of carbonyl (C=O) groups excluding carboxylic acids is 1. The first kappa shape index (κ1) is 18.2. The summed E-state index contributed by atoms with van der Waals surface area (Å²) in [6, 6.07) is 11.6. The SMILES string of the molecule is CC(=NNC(=O)CSCc1ccccc1Cl)c1cc(O)ccc1O. The van der Waals surface area contributed by atoms with Crippen molar-refractivity contribution in [3.8, 4) is 11.5 Å². The Labute approximate surface area is 149 Å². The molecule has 24 heavy (non-hydrogen) atoms. The van der Waals surface area contributed by atoms with E-state index in [0.29, 0.717) is 22.1 Å². The van der Waals surface area contributed by atoms with Crippen molar-refractivity contribution in [2.75, 3.05) is 5.75 Å². The fourth-order valence-corrected chi connectivity index (χ4v) is 3.03. The van der Waals surface area contributed by atoms with E-state index < -0.39 is 0 Å². The molecule has 0 heterocycles. The minimum atomic E-state index is -0.258. The van der Waals surface area contributed by atoms with Crippen molar-refractivity contribution in [1.29, 1.82) is 0 Å². The Hall–Kier alpha value is -2.18. The van der Waals surface area contributed by atoms with Gasteiger partial charge in [0.1, 0.15) is 11.5 Å². The summed E-state index contributed by atoms with van der Waals surface area (Å²) in [6.07, 6.45) is 0. The van der Waals surface area contributed by atoms with Gasteiger partial charge in [-0.2, -0.15) is 5.10 Å². The number of hydrogen-bond donors (Lipinski definition) is 3. The van der Waals surface area contributed by atoms with Crippen LogP contribution in [0.25, 0.3) is 0 Å². The summed E-state index contributed by atoms with van der Waals surface area (Å²) in [7, 11) is 0. The number of nitrogens with zero attached hydrogens (tertiary/aromatic N) is 1. The van der Waals surface area contributed by atoms with Gasteiger partial charge >= 0.3 is 0 Å². The van der Waals surface area contributed by atoms with Gasteiger partial charge < -0.3 is 10.2 Å². The average Bonchev–Trinajstić information content (AvgIpc) is 2.56. The molecular weight excluding hydrogens is 348 g/mol. The van der Waals surface area contributed by atoms with E-state index in [1.165, 1.54) is 30.0 Å². The monoisotopic (exact) mass is 364 g/mol. The fraction of sp³-hybridized carbons (Fsp3) is 0.176. The molecule has 0 atom stereocenters. The molecule has 0 aliphatic heterocycles. The lowest BCUT2D eigenvalue weighted by Gasteiger charge is -2.06. The van der Waals surface area contributed by atoms with E-state index in [0.717, 1.165) is 5.56 Å². The molecule has 2 rings (SSSR count). The summed E-state index contributed by atoms with van der Waals surface area (Å²) in [5.41, 5.74) is 4.16. The lowest BCUT2D eigenvalue weighted by molar-refractivity contribution is -0.118. The summed E-state index contributed by atoms with van der Waals surface area (Å²) >= 11 is 7.48. The third-order valence-corrected chi connectivity index (χ3v) is 4.52. The van der Waals surface area contributed by atoms with Crippen LogP contribution in [0.4, 0.5) is 0 Å². The van der Waals surface area contributed by atoms with Crippen molar-refractivity contribution >= 4 is 35.0 Å². The van der Waals surface area contributed by atoms with Crippen molar-refractivity contribution in [2.24, 2.45) is 5.10 Å². The van der Waals surface area contributed by atoms with Gasteiger partial charge in [0.15, 0.2) is 0 Å². The Balaban J connectivity index is 1.86. The minimum absolute atomic E-state index is 0.0129. The first-order chi connectivity index (χ1) is 11.5. The highest BCUT2D eigenvalue weighted by Gasteiger charge is 2.07. The number of rotatable bonds is 6. The summed E-state index contributed by atoms with van der Waals surface area (Å²) in [5.74, 6) is 0.596. The zero-order valence-electron chi connectivity index (χ0n) is 13.0. The van der Waals surface area contributed by atoms with Gasteiger partial charge in [-0.25, -0.2) is 5.43 Å². The number of amides is 1. The maximum absolute atomic E-state index is 11.8. The topological polar surface area (TPSA) is 81.9 Å². The van der Waals surface area contributed by atoms with E-state index in [9.17, 15) is 15.0 Å². The van der Waals surface area contributed by atoms with Gasteiger partial charge in [-0.3, -0.25) is 4.79 Å².